The maximum Gasteiger partial charge on any atom is 0.335 e. The summed E-state index contributed by atoms with van der Waals surface area (Å²) >= 11 is 6.38. The van der Waals surface area contributed by atoms with Crippen LogP contribution in [0.15, 0.2) is 54.1 Å². The van der Waals surface area contributed by atoms with E-state index in [-0.39, 0.29) is 39.1 Å². The first-order valence-electron chi connectivity index (χ1n) is 11.4. The zero-order valence-electron chi connectivity index (χ0n) is 21.1. The van der Waals surface area contributed by atoms with Gasteiger partial charge in [0, 0.05) is 6.07 Å². The number of aryl methyl sites for hydroxylation is 2. The number of halogens is 1. The van der Waals surface area contributed by atoms with Gasteiger partial charge < -0.3 is 9.47 Å². The molecular weight excluding hydrogens is 548 g/mol. The van der Waals surface area contributed by atoms with Gasteiger partial charge in [0.15, 0.2) is 11.5 Å². The van der Waals surface area contributed by atoms with Crippen molar-refractivity contribution in [3.63, 3.8) is 0 Å². The first-order valence-corrected chi connectivity index (χ1v) is 11.8. The van der Waals surface area contributed by atoms with Gasteiger partial charge in [0.2, 0.25) is 5.75 Å². The normalized spacial score (nSPS) is 14.2. The third-order valence-corrected chi connectivity index (χ3v) is 6.26. The molecule has 1 N–H and O–H groups in total. The Balaban J connectivity index is 1.72. The lowest BCUT2D eigenvalue weighted by Crippen LogP contribution is -2.54. The van der Waals surface area contributed by atoms with E-state index in [9.17, 15) is 34.6 Å². The molecule has 1 fully saturated rings. The highest BCUT2D eigenvalue weighted by Gasteiger charge is 2.37. The van der Waals surface area contributed by atoms with E-state index in [0.717, 1.165) is 34.2 Å². The van der Waals surface area contributed by atoms with Crippen LogP contribution in [0.3, 0.4) is 0 Å². The van der Waals surface area contributed by atoms with Crippen molar-refractivity contribution in [1.82, 2.24) is 5.32 Å². The molecule has 4 amide bonds. The Kier molecular flexibility index (Phi) is 7.50. The first-order chi connectivity index (χ1) is 18.9. The minimum Gasteiger partial charge on any atom is -0.493 e. The summed E-state index contributed by atoms with van der Waals surface area (Å²) < 4.78 is 10.9. The van der Waals surface area contributed by atoms with Crippen LogP contribution < -0.4 is 19.7 Å². The second kappa shape index (κ2) is 10.8. The molecule has 40 heavy (non-hydrogen) atoms. The summed E-state index contributed by atoms with van der Waals surface area (Å²) in [5.74, 6) is -2.32. The molecule has 204 valence electrons. The largest absolute Gasteiger partial charge is 0.493 e. The molecule has 1 aliphatic heterocycles. The van der Waals surface area contributed by atoms with Crippen LogP contribution >= 0.6 is 11.6 Å². The molecule has 4 rings (SSSR count). The molecule has 13 nitrogen and oxygen atoms in total. The number of non-ortho nitro benzene ring substituents is 1. The summed E-state index contributed by atoms with van der Waals surface area (Å²) in [6.45, 7) is 3.69. The van der Waals surface area contributed by atoms with Gasteiger partial charge in [-0.25, -0.2) is 9.69 Å². The Hall–Kier alpha value is -5.30. The lowest BCUT2D eigenvalue weighted by Gasteiger charge is -2.27. The van der Waals surface area contributed by atoms with Gasteiger partial charge in [-0.2, -0.15) is 0 Å². The number of rotatable bonds is 7. The third kappa shape index (κ3) is 5.31. The number of urea groups is 1. The molecule has 0 unspecified atom stereocenters. The van der Waals surface area contributed by atoms with Crippen LogP contribution in [0.2, 0.25) is 5.02 Å². The van der Waals surface area contributed by atoms with E-state index in [1.54, 1.807) is 18.2 Å². The second-order valence-corrected chi connectivity index (χ2v) is 8.94. The number of methoxy groups -OCH3 is 1. The predicted molar refractivity (Wildman–Crippen MR) is 143 cm³/mol. The molecule has 0 saturated carbocycles. The van der Waals surface area contributed by atoms with Gasteiger partial charge in [0.1, 0.15) is 5.57 Å². The number of nitrogens with one attached hydrogen (secondary N) is 1. The molecule has 1 heterocycles. The van der Waals surface area contributed by atoms with Crippen molar-refractivity contribution >= 4 is 52.6 Å². The average Bonchev–Trinajstić information content (AvgIpc) is 2.89. The summed E-state index contributed by atoms with van der Waals surface area (Å²) in [6.07, 6.45) is 1.20. The quantitative estimate of drug-likeness (QED) is 0.174. The molecule has 3 aromatic rings. The number of hydrogen-bond donors (Lipinski definition) is 1. The number of hydrogen-bond acceptors (Lipinski definition) is 9. The highest BCUT2D eigenvalue weighted by Crippen LogP contribution is 2.43. The van der Waals surface area contributed by atoms with Crippen molar-refractivity contribution in [2.45, 2.75) is 13.8 Å². The standard InChI is InChI=1S/C26H19ClN4O9/c1-13-4-5-16(8-14(13)2)29-25(33)18(24(32)28-26(29)34)9-15-10-19(27)23(22(11-15)39-3)40-21-7-6-17(30(35)36)12-20(21)31(37)38/h4-12H,1-3H3,(H,28,32,34)/b18-9+. The topological polar surface area (TPSA) is 171 Å². The zero-order valence-corrected chi connectivity index (χ0v) is 21.8. The second-order valence-electron chi connectivity index (χ2n) is 8.53. The van der Waals surface area contributed by atoms with E-state index in [1.807, 2.05) is 13.8 Å². The van der Waals surface area contributed by atoms with Crippen LogP contribution in [0.4, 0.5) is 21.9 Å². The molecule has 14 heteroatoms. The van der Waals surface area contributed by atoms with Gasteiger partial charge >= 0.3 is 11.7 Å². The Morgan fingerprint density at radius 2 is 1.65 bits per heavy atom. The van der Waals surface area contributed by atoms with Crippen LogP contribution in [-0.4, -0.2) is 34.8 Å². The number of nitro groups is 2. The van der Waals surface area contributed by atoms with Gasteiger partial charge in [-0.3, -0.25) is 35.1 Å². The van der Waals surface area contributed by atoms with Crippen molar-refractivity contribution in [3.05, 3.63) is 96.0 Å². The summed E-state index contributed by atoms with van der Waals surface area (Å²) in [5.41, 5.74) is 0.704. The third-order valence-electron chi connectivity index (χ3n) is 5.98. The smallest absolute Gasteiger partial charge is 0.335 e. The van der Waals surface area contributed by atoms with Gasteiger partial charge in [0.05, 0.1) is 33.7 Å². The molecule has 0 aliphatic carbocycles. The molecule has 0 bridgehead atoms. The van der Waals surface area contributed by atoms with Crippen LogP contribution in [0.1, 0.15) is 16.7 Å². The Bertz CT molecular complexity index is 1650. The van der Waals surface area contributed by atoms with Crippen LogP contribution in [-0.2, 0) is 9.59 Å². The van der Waals surface area contributed by atoms with Crippen LogP contribution in [0.25, 0.3) is 6.08 Å². The molecule has 0 aromatic heterocycles. The summed E-state index contributed by atoms with van der Waals surface area (Å²) in [5, 5.41) is 24.5. The Morgan fingerprint density at radius 1 is 0.925 bits per heavy atom. The van der Waals surface area contributed by atoms with E-state index in [0.29, 0.717) is 0 Å². The average molecular weight is 567 g/mol. The fourth-order valence-electron chi connectivity index (χ4n) is 3.80. The van der Waals surface area contributed by atoms with Crippen molar-refractivity contribution < 1.29 is 33.7 Å². The fourth-order valence-corrected chi connectivity index (χ4v) is 4.06. The van der Waals surface area contributed by atoms with Crippen molar-refractivity contribution in [2.24, 2.45) is 0 Å². The SMILES string of the molecule is COc1cc(/C=C2\C(=O)NC(=O)N(c3ccc(C)c(C)c3)C2=O)cc(Cl)c1Oc1ccc([N+](=O)[O-])cc1[N+](=O)[O-]. The molecular formula is C26H19ClN4O9. The Morgan fingerprint density at radius 3 is 2.27 bits per heavy atom. The number of barbiturate groups is 1. The molecule has 3 aromatic carbocycles. The number of nitrogens with zero attached hydrogens (tertiary/aromatic N) is 3. The van der Waals surface area contributed by atoms with Gasteiger partial charge in [-0.15, -0.1) is 0 Å². The number of carbonyl (C=O) groups excluding carboxylic acids is 3. The van der Waals surface area contributed by atoms with Gasteiger partial charge in [-0.05, 0) is 66.9 Å². The maximum atomic E-state index is 13.2. The number of nitro benzene ring substituents is 2. The maximum absolute atomic E-state index is 13.2. The van der Waals surface area contributed by atoms with E-state index in [1.165, 1.54) is 25.3 Å². The zero-order chi connectivity index (χ0) is 29.3. The highest BCUT2D eigenvalue weighted by atomic mass is 35.5. The lowest BCUT2D eigenvalue weighted by molar-refractivity contribution is -0.394. The number of benzene rings is 3. The first kappa shape index (κ1) is 27.7. The van der Waals surface area contributed by atoms with Gasteiger partial charge in [0.25, 0.3) is 17.5 Å². The van der Waals surface area contributed by atoms with Gasteiger partial charge in [-0.1, -0.05) is 17.7 Å². The number of imide groups is 2. The number of amides is 4. The molecule has 0 atom stereocenters. The number of ether oxygens (including phenoxy) is 2. The molecule has 0 spiro atoms. The summed E-state index contributed by atoms with van der Waals surface area (Å²) in [7, 11) is 1.26. The van der Waals surface area contributed by atoms with Crippen molar-refractivity contribution in [3.8, 4) is 17.2 Å². The fraction of sp³-hybridized carbons (Fsp3) is 0.115. The summed E-state index contributed by atoms with van der Waals surface area (Å²) in [6, 6.07) is 9.53. The van der Waals surface area contributed by atoms with E-state index in [4.69, 9.17) is 21.1 Å². The van der Waals surface area contributed by atoms with Crippen molar-refractivity contribution in [1.29, 1.82) is 0 Å². The molecule has 1 saturated heterocycles. The number of carbonyl (C=O) groups is 3. The monoisotopic (exact) mass is 566 g/mol. The molecule has 1 aliphatic rings. The predicted octanol–water partition coefficient (Wildman–Crippen LogP) is 5.24. The van der Waals surface area contributed by atoms with E-state index in [2.05, 4.69) is 5.32 Å². The minimum absolute atomic E-state index is 0.0299. The lowest BCUT2D eigenvalue weighted by atomic mass is 10.0. The van der Waals surface area contributed by atoms with E-state index < -0.39 is 39.1 Å². The van der Waals surface area contributed by atoms with Crippen molar-refractivity contribution in [2.75, 3.05) is 12.0 Å². The highest BCUT2D eigenvalue weighted by molar-refractivity contribution is 6.39. The summed E-state index contributed by atoms with van der Waals surface area (Å²) in [4.78, 5) is 60.1. The van der Waals surface area contributed by atoms with E-state index >= 15 is 0 Å². The molecule has 0 radical (unpaired) electrons. The van der Waals surface area contributed by atoms with Crippen LogP contribution in [0, 0.1) is 34.1 Å². The van der Waals surface area contributed by atoms with Crippen LogP contribution in [0.5, 0.6) is 17.2 Å². The number of anilines is 1. The minimum atomic E-state index is -0.924. The Labute approximate surface area is 230 Å².